The lowest BCUT2D eigenvalue weighted by Gasteiger charge is -2.35. The van der Waals surface area contributed by atoms with E-state index in [1.165, 1.54) is 44.1 Å². The van der Waals surface area contributed by atoms with E-state index in [-0.39, 0.29) is 12.4 Å². The van der Waals surface area contributed by atoms with Crippen LogP contribution in [0, 0.1) is 11.3 Å². The summed E-state index contributed by atoms with van der Waals surface area (Å²) in [5, 5.41) is 8.93. The van der Waals surface area contributed by atoms with E-state index < -0.39 is 0 Å². The summed E-state index contributed by atoms with van der Waals surface area (Å²) in [5.74, 6) is 0. The maximum absolute atomic E-state index is 8.93. The first-order valence-electron chi connectivity index (χ1n) is 9.14. The highest BCUT2D eigenvalue weighted by Gasteiger charge is 2.20. The number of benzene rings is 1. The molecule has 0 aliphatic carbocycles. The number of morpholine rings is 1. The van der Waals surface area contributed by atoms with Crippen molar-refractivity contribution < 1.29 is 4.74 Å². The molecule has 1 aliphatic heterocycles. The lowest BCUT2D eigenvalue weighted by Crippen LogP contribution is -2.44. The third kappa shape index (κ3) is 7.21. The predicted molar refractivity (Wildman–Crippen MR) is 102 cm³/mol. The van der Waals surface area contributed by atoms with E-state index >= 15 is 0 Å². The van der Waals surface area contributed by atoms with Crippen LogP contribution in [0.15, 0.2) is 24.3 Å². The van der Waals surface area contributed by atoms with E-state index in [4.69, 9.17) is 10.00 Å². The topological polar surface area (TPSA) is 36.3 Å². The Hall–Kier alpha value is -1.08. The molecule has 1 unspecified atom stereocenters. The zero-order valence-electron chi connectivity index (χ0n) is 14.9. The van der Waals surface area contributed by atoms with Gasteiger partial charge in [0.25, 0.3) is 0 Å². The van der Waals surface area contributed by atoms with Crippen LogP contribution in [0.25, 0.3) is 0 Å². The highest BCUT2D eigenvalue weighted by molar-refractivity contribution is 5.85. The Labute approximate surface area is 153 Å². The van der Waals surface area contributed by atoms with Crippen LogP contribution >= 0.6 is 12.4 Å². The van der Waals surface area contributed by atoms with Crippen molar-refractivity contribution in [2.75, 3.05) is 26.3 Å². The fraction of sp³-hybridized carbons (Fsp3) is 0.650. The molecule has 0 spiro atoms. The minimum atomic E-state index is 0. The quantitative estimate of drug-likeness (QED) is 0.611. The first kappa shape index (κ1) is 21.0. The van der Waals surface area contributed by atoms with Crippen molar-refractivity contribution in [1.29, 1.82) is 5.26 Å². The van der Waals surface area contributed by atoms with E-state index in [0.717, 1.165) is 38.3 Å². The van der Waals surface area contributed by atoms with Gasteiger partial charge in [-0.25, -0.2) is 0 Å². The van der Waals surface area contributed by atoms with Gasteiger partial charge in [0.1, 0.15) is 0 Å². The Bertz CT molecular complexity index is 477. The molecule has 1 heterocycles. The van der Waals surface area contributed by atoms with Crippen molar-refractivity contribution in [3.8, 4) is 6.07 Å². The molecule has 134 valence electrons. The van der Waals surface area contributed by atoms with Gasteiger partial charge in [0.15, 0.2) is 0 Å². The Balaban J connectivity index is 0.00000288. The summed E-state index contributed by atoms with van der Waals surface area (Å²) in [6, 6.07) is 10.9. The predicted octanol–water partition coefficient (Wildman–Crippen LogP) is 4.58. The van der Waals surface area contributed by atoms with Crippen LogP contribution in [0.4, 0.5) is 0 Å². The second kappa shape index (κ2) is 12.3. The first-order chi connectivity index (χ1) is 11.3. The van der Waals surface area contributed by atoms with Crippen LogP contribution in [0.2, 0.25) is 0 Å². The van der Waals surface area contributed by atoms with Gasteiger partial charge in [0.05, 0.1) is 24.8 Å². The zero-order chi connectivity index (χ0) is 16.3. The normalized spacial score (nSPS) is 16.2. The van der Waals surface area contributed by atoms with Gasteiger partial charge in [-0.05, 0) is 30.5 Å². The van der Waals surface area contributed by atoms with Crippen LogP contribution in [0.5, 0.6) is 0 Å². The standard InChI is InChI=1S/C20H30N2O.ClH/c1-2-3-4-5-6-7-20(22-12-14-23-15-13-22)16-18-8-10-19(17-21)11-9-18;/h8-11,20H,2-7,12-16H2,1H3;1H. The first-order valence-corrected chi connectivity index (χ1v) is 9.14. The van der Waals surface area contributed by atoms with Gasteiger partial charge in [-0.3, -0.25) is 4.90 Å². The van der Waals surface area contributed by atoms with Gasteiger partial charge in [-0.15, -0.1) is 12.4 Å². The van der Waals surface area contributed by atoms with Crippen molar-refractivity contribution in [2.45, 2.75) is 57.9 Å². The van der Waals surface area contributed by atoms with Crippen molar-refractivity contribution >= 4 is 12.4 Å². The molecule has 1 fully saturated rings. The van der Waals surface area contributed by atoms with Gasteiger partial charge < -0.3 is 4.74 Å². The lowest BCUT2D eigenvalue weighted by molar-refractivity contribution is 0.0143. The van der Waals surface area contributed by atoms with Crippen molar-refractivity contribution in [1.82, 2.24) is 4.90 Å². The molecule has 1 aliphatic rings. The number of ether oxygens (including phenoxy) is 1. The Morgan fingerprint density at radius 2 is 1.75 bits per heavy atom. The highest BCUT2D eigenvalue weighted by atomic mass is 35.5. The second-order valence-electron chi connectivity index (χ2n) is 6.52. The Kier molecular flexibility index (Phi) is 10.7. The molecule has 3 nitrogen and oxygen atoms in total. The molecule has 0 bridgehead atoms. The van der Waals surface area contributed by atoms with Crippen LogP contribution in [-0.4, -0.2) is 37.2 Å². The van der Waals surface area contributed by atoms with Gasteiger partial charge >= 0.3 is 0 Å². The Morgan fingerprint density at radius 3 is 2.38 bits per heavy atom. The highest BCUT2D eigenvalue weighted by Crippen LogP contribution is 2.18. The van der Waals surface area contributed by atoms with E-state index in [9.17, 15) is 0 Å². The monoisotopic (exact) mass is 350 g/mol. The van der Waals surface area contributed by atoms with Gasteiger partial charge in [0, 0.05) is 19.1 Å². The Morgan fingerprint density at radius 1 is 1.08 bits per heavy atom. The van der Waals surface area contributed by atoms with E-state index in [2.05, 4.69) is 30.0 Å². The molecule has 4 heteroatoms. The SMILES string of the molecule is CCCCCCCC(Cc1ccc(C#N)cc1)N1CCOCC1.Cl. The van der Waals surface area contributed by atoms with Crippen molar-refractivity contribution in [3.05, 3.63) is 35.4 Å². The summed E-state index contributed by atoms with van der Waals surface area (Å²) in [7, 11) is 0. The molecular weight excluding hydrogens is 320 g/mol. The second-order valence-corrected chi connectivity index (χ2v) is 6.52. The molecular formula is C20H31ClN2O. The number of unbranched alkanes of at least 4 members (excludes halogenated alkanes) is 4. The molecule has 0 amide bonds. The smallest absolute Gasteiger partial charge is 0.0991 e. The fourth-order valence-electron chi connectivity index (χ4n) is 3.33. The van der Waals surface area contributed by atoms with Crippen LogP contribution in [0.3, 0.4) is 0 Å². The van der Waals surface area contributed by atoms with Crippen LogP contribution in [0.1, 0.15) is 56.6 Å². The van der Waals surface area contributed by atoms with Crippen LogP contribution in [-0.2, 0) is 11.2 Å². The molecule has 0 N–H and O–H groups in total. The third-order valence-electron chi connectivity index (χ3n) is 4.76. The van der Waals surface area contributed by atoms with Crippen LogP contribution < -0.4 is 0 Å². The van der Waals surface area contributed by atoms with E-state index in [0.29, 0.717) is 6.04 Å². The molecule has 2 rings (SSSR count). The minimum absolute atomic E-state index is 0. The summed E-state index contributed by atoms with van der Waals surface area (Å²) in [4.78, 5) is 2.60. The number of rotatable bonds is 9. The van der Waals surface area contributed by atoms with Gasteiger partial charge in [-0.1, -0.05) is 51.2 Å². The molecule has 1 aromatic rings. The molecule has 1 aromatic carbocycles. The molecule has 0 saturated carbocycles. The fourth-order valence-corrected chi connectivity index (χ4v) is 3.33. The molecule has 1 saturated heterocycles. The maximum atomic E-state index is 8.93. The van der Waals surface area contributed by atoms with Crippen molar-refractivity contribution in [3.63, 3.8) is 0 Å². The minimum Gasteiger partial charge on any atom is -0.379 e. The maximum Gasteiger partial charge on any atom is 0.0991 e. The summed E-state index contributed by atoms with van der Waals surface area (Å²) in [5.41, 5.74) is 2.09. The number of halogens is 1. The number of nitrogens with zero attached hydrogens (tertiary/aromatic N) is 2. The summed E-state index contributed by atoms with van der Waals surface area (Å²) >= 11 is 0. The molecule has 24 heavy (non-hydrogen) atoms. The lowest BCUT2D eigenvalue weighted by atomic mass is 9.97. The zero-order valence-corrected chi connectivity index (χ0v) is 15.7. The summed E-state index contributed by atoms with van der Waals surface area (Å²) < 4.78 is 5.51. The summed E-state index contributed by atoms with van der Waals surface area (Å²) in [6.45, 7) is 6.09. The van der Waals surface area contributed by atoms with Gasteiger partial charge in [0.2, 0.25) is 0 Å². The molecule has 0 aromatic heterocycles. The average Bonchev–Trinajstić information content (AvgIpc) is 2.62. The van der Waals surface area contributed by atoms with E-state index in [1.54, 1.807) is 0 Å². The van der Waals surface area contributed by atoms with E-state index in [1.807, 2.05) is 12.1 Å². The molecule has 0 radical (unpaired) electrons. The largest absolute Gasteiger partial charge is 0.379 e. The third-order valence-corrected chi connectivity index (χ3v) is 4.76. The summed E-state index contributed by atoms with van der Waals surface area (Å²) in [6.07, 6.45) is 9.04. The number of nitriles is 1. The number of hydrogen-bond donors (Lipinski definition) is 0. The van der Waals surface area contributed by atoms with Gasteiger partial charge in [-0.2, -0.15) is 5.26 Å². The average molecular weight is 351 g/mol. The number of hydrogen-bond acceptors (Lipinski definition) is 3. The molecule has 1 atom stereocenters. The van der Waals surface area contributed by atoms with Crippen molar-refractivity contribution in [2.24, 2.45) is 0 Å².